The van der Waals surface area contributed by atoms with Crippen molar-refractivity contribution in [1.82, 2.24) is 0 Å². The molecule has 0 radical (unpaired) electrons. The molecule has 3 aromatic carbocycles. The normalized spacial score (nSPS) is 13.1. The highest BCUT2D eigenvalue weighted by molar-refractivity contribution is 7.92. The molecule has 0 aliphatic carbocycles. The first kappa shape index (κ1) is 24.0. The van der Waals surface area contributed by atoms with Crippen molar-refractivity contribution in [3.05, 3.63) is 77.9 Å². The van der Waals surface area contributed by atoms with Crippen LogP contribution < -0.4 is 19.1 Å². The molecule has 1 amide bonds. The maximum absolute atomic E-state index is 13.3. The number of hydrogen-bond acceptors (Lipinski definition) is 6. The predicted octanol–water partition coefficient (Wildman–Crippen LogP) is 3.83. The first-order valence-corrected chi connectivity index (χ1v) is 11.6. The third-order valence-corrected chi connectivity index (χ3v) is 6.86. The van der Waals surface area contributed by atoms with Crippen LogP contribution in [0.25, 0.3) is 0 Å². The number of carboxylic acids is 1. The van der Waals surface area contributed by atoms with Crippen LogP contribution in [0.1, 0.15) is 20.7 Å². The molecule has 2 N–H and O–H groups in total. The lowest BCUT2D eigenvalue weighted by atomic mass is 10.1. The third-order valence-electron chi connectivity index (χ3n) is 5.05. The highest BCUT2D eigenvalue weighted by Gasteiger charge is 2.31. The smallest absolute Gasteiger partial charge is 0.387 e. The summed E-state index contributed by atoms with van der Waals surface area (Å²) in [6.07, 6.45) is 0. The monoisotopic (exact) mass is 504 g/mol. The first-order chi connectivity index (χ1) is 16.6. The zero-order chi connectivity index (χ0) is 25.2. The molecule has 0 saturated carbocycles. The Morgan fingerprint density at radius 3 is 2.43 bits per heavy atom. The lowest BCUT2D eigenvalue weighted by molar-refractivity contribution is -0.0500. The van der Waals surface area contributed by atoms with Gasteiger partial charge >= 0.3 is 12.6 Å². The molecule has 0 aromatic heterocycles. The zero-order valence-corrected chi connectivity index (χ0v) is 18.7. The number of benzene rings is 3. The molecule has 12 heteroatoms. The van der Waals surface area contributed by atoms with Gasteiger partial charge in [-0.3, -0.25) is 9.10 Å². The van der Waals surface area contributed by atoms with E-state index in [1.165, 1.54) is 60.7 Å². The number of hydrogen-bond donors (Lipinski definition) is 2. The number of halogens is 2. The molecule has 0 saturated heterocycles. The fourth-order valence-electron chi connectivity index (χ4n) is 3.42. The number of nitrogens with one attached hydrogen (secondary N) is 1. The minimum absolute atomic E-state index is 0.0426. The number of anilines is 2. The van der Waals surface area contributed by atoms with Crippen molar-refractivity contribution in [2.24, 2.45) is 0 Å². The van der Waals surface area contributed by atoms with E-state index >= 15 is 0 Å². The van der Waals surface area contributed by atoms with Crippen molar-refractivity contribution in [3.8, 4) is 11.5 Å². The molecule has 1 aliphatic rings. The van der Waals surface area contributed by atoms with Gasteiger partial charge in [0.15, 0.2) is 0 Å². The van der Waals surface area contributed by atoms with E-state index in [0.717, 1.165) is 10.4 Å². The minimum Gasteiger partial charge on any atom is -0.489 e. The van der Waals surface area contributed by atoms with Gasteiger partial charge < -0.3 is 19.9 Å². The van der Waals surface area contributed by atoms with E-state index < -0.39 is 28.5 Å². The summed E-state index contributed by atoms with van der Waals surface area (Å²) in [5.41, 5.74) is 0.615. The van der Waals surface area contributed by atoms with Crippen LogP contribution >= 0.6 is 0 Å². The standard InChI is InChI=1S/C23H18F2N2O7S/c24-23(25)34-17-2-1-3-18(13-17)35(31,32)27-10-11-33-20-9-6-15(12-19(20)27)21(28)26-16-7-4-14(5-8-16)22(29)30/h1-9,12-13,23H,10-11H2,(H,26,28)(H,29,30). The molecule has 0 atom stereocenters. The summed E-state index contributed by atoms with van der Waals surface area (Å²) in [7, 11) is -4.21. The summed E-state index contributed by atoms with van der Waals surface area (Å²) in [4.78, 5) is 23.5. The molecule has 1 aliphatic heterocycles. The largest absolute Gasteiger partial charge is 0.489 e. The zero-order valence-electron chi connectivity index (χ0n) is 17.9. The van der Waals surface area contributed by atoms with Crippen LogP contribution in [0.15, 0.2) is 71.6 Å². The topological polar surface area (TPSA) is 122 Å². The van der Waals surface area contributed by atoms with E-state index in [1.54, 1.807) is 0 Å². The average Bonchev–Trinajstić information content (AvgIpc) is 2.83. The Kier molecular flexibility index (Phi) is 6.56. The maximum Gasteiger partial charge on any atom is 0.387 e. The molecule has 0 spiro atoms. The highest BCUT2D eigenvalue weighted by atomic mass is 32.2. The van der Waals surface area contributed by atoms with Gasteiger partial charge in [0.05, 0.1) is 22.7 Å². The number of ether oxygens (including phenoxy) is 2. The van der Waals surface area contributed by atoms with Gasteiger partial charge in [-0.25, -0.2) is 13.2 Å². The number of carbonyl (C=O) groups excluding carboxylic acids is 1. The van der Waals surface area contributed by atoms with E-state index in [2.05, 4.69) is 10.1 Å². The van der Waals surface area contributed by atoms with Gasteiger partial charge in [0.1, 0.15) is 18.1 Å². The van der Waals surface area contributed by atoms with Crippen LogP contribution in [0.5, 0.6) is 11.5 Å². The van der Waals surface area contributed by atoms with Crippen LogP contribution in [0.3, 0.4) is 0 Å². The highest BCUT2D eigenvalue weighted by Crippen LogP contribution is 2.37. The van der Waals surface area contributed by atoms with Crippen molar-refractivity contribution in [3.63, 3.8) is 0 Å². The second-order valence-corrected chi connectivity index (χ2v) is 9.16. The van der Waals surface area contributed by atoms with Crippen molar-refractivity contribution < 1.29 is 41.4 Å². The van der Waals surface area contributed by atoms with Crippen LogP contribution in [0.4, 0.5) is 20.2 Å². The molecule has 0 bridgehead atoms. The Hall–Kier alpha value is -4.19. The number of rotatable bonds is 7. The number of amides is 1. The van der Waals surface area contributed by atoms with E-state index in [4.69, 9.17) is 9.84 Å². The molecule has 1 heterocycles. The number of aromatic carboxylic acids is 1. The Morgan fingerprint density at radius 1 is 1.03 bits per heavy atom. The number of sulfonamides is 1. The summed E-state index contributed by atoms with van der Waals surface area (Å²) in [5.74, 6) is -1.75. The lowest BCUT2D eigenvalue weighted by Gasteiger charge is -2.30. The number of nitrogens with zero attached hydrogens (tertiary/aromatic N) is 1. The molecular weight excluding hydrogens is 486 g/mol. The Labute approximate surface area is 198 Å². The fourth-order valence-corrected chi connectivity index (χ4v) is 4.91. The number of carboxylic acid groups (broad SMARTS) is 1. The van der Waals surface area contributed by atoms with Gasteiger partial charge in [-0.05, 0) is 54.6 Å². The Balaban J connectivity index is 1.62. The van der Waals surface area contributed by atoms with E-state index in [-0.39, 0.29) is 46.4 Å². The molecule has 0 unspecified atom stereocenters. The quantitative estimate of drug-likeness (QED) is 0.502. The van der Waals surface area contributed by atoms with Gasteiger partial charge in [0, 0.05) is 17.3 Å². The molecular formula is C23H18F2N2O7S. The molecule has 35 heavy (non-hydrogen) atoms. The molecule has 0 fully saturated rings. The van der Waals surface area contributed by atoms with Crippen molar-refractivity contribution in [2.75, 3.05) is 22.8 Å². The van der Waals surface area contributed by atoms with Gasteiger partial charge in [0.2, 0.25) is 0 Å². The Morgan fingerprint density at radius 2 is 1.74 bits per heavy atom. The van der Waals surface area contributed by atoms with E-state index in [0.29, 0.717) is 5.69 Å². The second kappa shape index (κ2) is 9.58. The van der Waals surface area contributed by atoms with Crippen molar-refractivity contribution in [1.29, 1.82) is 0 Å². The second-order valence-electron chi connectivity index (χ2n) is 7.30. The third kappa shape index (κ3) is 5.17. The van der Waals surface area contributed by atoms with Gasteiger partial charge in [0.25, 0.3) is 15.9 Å². The van der Waals surface area contributed by atoms with E-state index in [1.807, 2.05) is 0 Å². The summed E-state index contributed by atoms with van der Waals surface area (Å²) < 4.78 is 62.7. The van der Waals surface area contributed by atoms with Crippen LogP contribution in [0.2, 0.25) is 0 Å². The summed E-state index contributed by atoms with van der Waals surface area (Å²) >= 11 is 0. The van der Waals surface area contributed by atoms with Gasteiger partial charge in [-0.1, -0.05) is 6.07 Å². The van der Waals surface area contributed by atoms with E-state index in [9.17, 15) is 26.8 Å². The summed E-state index contributed by atoms with van der Waals surface area (Å²) in [5, 5.41) is 11.6. The summed E-state index contributed by atoms with van der Waals surface area (Å²) in [6, 6.07) is 14.5. The van der Waals surface area contributed by atoms with Crippen LogP contribution in [-0.4, -0.2) is 45.2 Å². The maximum atomic E-state index is 13.3. The molecule has 9 nitrogen and oxygen atoms in total. The molecule has 182 valence electrons. The fraction of sp³-hybridized carbons (Fsp3) is 0.130. The van der Waals surface area contributed by atoms with Gasteiger partial charge in [-0.2, -0.15) is 8.78 Å². The lowest BCUT2D eigenvalue weighted by Crippen LogP contribution is -2.38. The SMILES string of the molecule is O=C(O)c1ccc(NC(=O)c2ccc3c(c2)N(S(=O)(=O)c2cccc(OC(F)F)c2)CCO3)cc1. The average molecular weight is 504 g/mol. The minimum atomic E-state index is -4.21. The Bertz CT molecular complexity index is 1380. The number of carbonyl (C=O) groups is 2. The van der Waals surface area contributed by atoms with Crippen LogP contribution in [-0.2, 0) is 10.0 Å². The van der Waals surface area contributed by atoms with Gasteiger partial charge in [-0.15, -0.1) is 0 Å². The molecule has 4 rings (SSSR count). The summed E-state index contributed by atoms with van der Waals surface area (Å²) in [6.45, 7) is -3.14. The van der Waals surface area contributed by atoms with Crippen molar-refractivity contribution >= 4 is 33.3 Å². The van der Waals surface area contributed by atoms with Crippen molar-refractivity contribution in [2.45, 2.75) is 11.5 Å². The number of alkyl halides is 2. The first-order valence-electron chi connectivity index (χ1n) is 10.1. The molecule has 3 aromatic rings. The number of fused-ring (bicyclic) bond motifs is 1. The van der Waals surface area contributed by atoms with Crippen LogP contribution in [0, 0.1) is 0 Å². The predicted molar refractivity (Wildman–Crippen MR) is 121 cm³/mol.